The predicted octanol–water partition coefficient (Wildman–Crippen LogP) is 1.77. The van der Waals surface area contributed by atoms with E-state index < -0.39 is 5.97 Å². The number of urea groups is 1. The van der Waals surface area contributed by atoms with E-state index >= 15 is 0 Å². The van der Waals surface area contributed by atoms with Crippen molar-refractivity contribution in [1.29, 1.82) is 5.26 Å². The molecule has 112 valence electrons. The Morgan fingerprint density at radius 2 is 2.25 bits per heavy atom. The van der Waals surface area contributed by atoms with E-state index in [4.69, 9.17) is 10.4 Å². The van der Waals surface area contributed by atoms with E-state index in [-0.39, 0.29) is 24.3 Å². The Balaban J connectivity index is 2.60. The summed E-state index contributed by atoms with van der Waals surface area (Å²) in [4.78, 5) is 26.6. The van der Waals surface area contributed by atoms with Gasteiger partial charge in [-0.3, -0.25) is 4.79 Å². The second-order valence-corrected chi connectivity index (χ2v) is 5.40. The number of likely N-dealkylation sites (tertiary alicyclic amines) is 1. The number of nitriles is 1. The molecule has 0 radical (unpaired) electrons. The number of nitrogens with zero attached hydrogens (tertiary/aromatic N) is 3. The number of hydrogen-bond acceptors (Lipinski definition) is 3. The first kappa shape index (κ1) is 16.3. The van der Waals surface area contributed by atoms with Crippen molar-refractivity contribution >= 4 is 12.0 Å². The molecule has 6 nitrogen and oxygen atoms in total. The summed E-state index contributed by atoms with van der Waals surface area (Å²) in [6.45, 7) is 5.84. The summed E-state index contributed by atoms with van der Waals surface area (Å²) in [6, 6.07) is 2.05. The van der Waals surface area contributed by atoms with E-state index in [0.29, 0.717) is 26.2 Å². The lowest BCUT2D eigenvalue weighted by Crippen LogP contribution is -2.48. The summed E-state index contributed by atoms with van der Waals surface area (Å²) in [5.41, 5.74) is 0. The summed E-state index contributed by atoms with van der Waals surface area (Å²) in [5.74, 6) is -0.967. The Kier molecular flexibility index (Phi) is 6.29. The molecular weight excluding hydrogens is 258 g/mol. The van der Waals surface area contributed by atoms with Crippen LogP contribution in [0.15, 0.2) is 0 Å². The van der Waals surface area contributed by atoms with Crippen molar-refractivity contribution in [2.45, 2.75) is 33.1 Å². The maximum absolute atomic E-state index is 12.4. The lowest BCUT2D eigenvalue weighted by Gasteiger charge is -2.36. The van der Waals surface area contributed by atoms with E-state index in [1.54, 1.807) is 16.7 Å². The lowest BCUT2D eigenvalue weighted by atomic mass is 9.95. The maximum atomic E-state index is 12.4. The molecule has 1 aliphatic heterocycles. The largest absolute Gasteiger partial charge is 0.481 e. The van der Waals surface area contributed by atoms with Gasteiger partial charge in [-0.1, -0.05) is 0 Å². The van der Waals surface area contributed by atoms with Crippen LogP contribution in [0.1, 0.15) is 33.1 Å². The molecule has 6 heteroatoms. The van der Waals surface area contributed by atoms with E-state index in [1.807, 2.05) is 6.92 Å². The normalized spacial score (nSPS) is 20.1. The molecule has 0 aromatic heterocycles. The second-order valence-electron chi connectivity index (χ2n) is 5.40. The molecule has 0 saturated carbocycles. The minimum Gasteiger partial charge on any atom is -0.481 e. The molecule has 20 heavy (non-hydrogen) atoms. The first-order chi connectivity index (χ1) is 9.47. The van der Waals surface area contributed by atoms with Gasteiger partial charge in [0.1, 0.15) is 0 Å². The number of carbonyl (C=O) groups is 2. The molecule has 2 atom stereocenters. The van der Waals surface area contributed by atoms with Gasteiger partial charge in [-0.05, 0) is 32.6 Å². The summed E-state index contributed by atoms with van der Waals surface area (Å²) in [5, 5.41) is 17.7. The Bertz CT molecular complexity index is 392. The van der Waals surface area contributed by atoms with Crippen molar-refractivity contribution in [3.63, 3.8) is 0 Å². The fourth-order valence-electron chi connectivity index (χ4n) is 2.57. The van der Waals surface area contributed by atoms with Crippen LogP contribution in [0.4, 0.5) is 4.79 Å². The Labute approximate surface area is 120 Å². The fraction of sp³-hybridized carbons (Fsp3) is 0.786. The van der Waals surface area contributed by atoms with Gasteiger partial charge in [0.05, 0.1) is 12.0 Å². The number of amides is 2. The van der Waals surface area contributed by atoms with Gasteiger partial charge in [-0.2, -0.15) is 5.26 Å². The molecule has 1 fully saturated rings. The first-order valence-electron chi connectivity index (χ1n) is 7.13. The van der Waals surface area contributed by atoms with Crippen LogP contribution in [0.5, 0.6) is 0 Å². The molecule has 2 unspecified atom stereocenters. The smallest absolute Gasteiger partial charge is 0.320 e. The Morgan fingerprint density at radius 1 is 1.55 bits per heavy atom. The van der Waals surface area contributed by atoms with Crippen LogP contribution in [-0.4, -0.2) is 53.1 Å². The number of carboxylic acids is 1. The van der Waals surface area contributed by atoms with Gasteiger partial charge in [0.15, 0.2) is 0 Å². The molecule has 1 aliphatic rings. The molecule has 0 aromatic carbocycles. The van der Waals surface area contributed by atoms with E-state index in [9.17, 15) is 9.59 Å². The van der Waals surface area contributed by atoms with Crippen molar-refractivity contribution in [2.75, 3.05) is 26.2 Å². The van der Waals surface area contributed by atoms with Crippen molar-refractivity contribution < 1.29 is 14.7 Å². The van der Waals surface area contributed by atoms with Gasteiger partial charge in [-0.25, -0.2) is 4.79 Å². The van der Waals surface area contributed by atoms with Crippen LogP contribution in [0, 0.1) is 23.2 Å². The summed E-state index contributed by atoms with van der Waals surface area (Å²) < 4.78 is 0. The van der Waals surface area contributed by atoms with Gasteiger partial charge in [-0.15, -0.1) is 0 Å². The highest BCUT2D eigenvalue weighted by atomic mass is 16.4. The molecule has 0 aromatic rings. The summed E-state index contributed by atoms with van der Waals surface area (Å²) >= 11 is 0. The lowest BCUT2D eigenvalue weighted by molar-refractivity contribution is -0.138. The van der Waals surface area contributed by atoms with Gasteiger partial charge in [0.2, 0.25) is 0 Å². The monoisotopic (exact) mass is 281 g/mol. The van der Waals surface area contributed by atoms with Crippen LogP contribution in [-0.2, 0) is 4.79 Å². The maximum Gasteiger partial charge on any atom is 0.320 e. The highest BCUT2D eigenvalue weighted by Crippen LogP contribution is 2.20. The Hall–Kier alpha value is -1.77. The zero-order chi connectivity index (χ0) is 15.1. The molecule has 0 spiro atoms. The first-order valence-corrected chi connectivity index (χ1v) is 7.13. The number of rotatable bonds is 5. The van der Waals surface area contributed by atoms with Gasteiger partial charge in [0.25, 0.3) is 0 Å². The van der Waals surface area contributed by atoms with Crippen molar-refractivity contribution in [3.05, 3.63) is 0 Å². The van der Waals surface area contributed by atoms with Gasteiger partial charge in [0, 0.05) is 32.6 Å². The van der Waals surface area contributed by atoms with Crippen molar-refractivity contribution in [2.24, 2.45) is 11.8 Å². The van der Waals surface area contributed by atoms with Crippen molar-refractivity contribution in [3.8, 4) is 6.07 Å². The number of piperidine rings is 1. The van der Waals surface area contributed by atoms with Crippen LogP contribution >= 0.6 is 0 Å². The zero-order valence-electron chi connectivity index (χ0n) is 12.2. The van der Waals surface area contributed by atoms with Gasteiger partial charge < -0.3 is 14.9 Å². The standard InChI is InChI=1S/C14H23N3O3/c1-3-16(9-11(2)8-15)14(20)17-6-4-5-12(10-17)7-13(18)19/h11-12H,3-7,9-10H2,1-2H3,(H,18,19). The quantitative estimate of drug-likeness (QED) is 0.832. The third-order valence-corrected chi connectivity index (χ3v) is 3.62. The summed E-state index contributed by atoms with van der Waals surface area (Å²) in [7, 11) is 0. The van der Waals surface area contributed by atoms with Crippen LogP contribution in [0.2, 0.25) is 0 Å². The predicted molar refractivity (Wildman–Crippen MR) is 74.0 cm³/mol. The molecule has 1 saturated heterocycles. The minimum absolute atomic E-state index is 0.0392. The topological polar surface area (TPSA) is 84.6 Å². The number of aliphatic carboxylic acids is 1. The van der Waals surface area contributed by atoms with Crippen LogP contribution in [0.3, 0.4) is 0 Å². The molecule has 0 bridgehead atoms. The number of carboxylic acid groups (broad SMARTS) is 1. The molecule has 2 amide bonds. The molecular formula is C14H23N3O3. The fourth-order valence-corrected chi connectivity index (χ4v) is 2.57. The zero-order valence-corrected chi connectivity index (χ0v) is 12.2. The highest BCUT2D eigenvalue weighted by Gasteiger charge is 2.28. The minimum atomic E-state index is -0.810. The van der Waals surface area contributed by atoms with Gasteiger partial charge >= 0.3 is 12.0 Å². The van der Waals surface area contributed by atoms with Crippen LogP contribution < -0.4 is 0 Å². The summed E-state index contributed by atoms with van der Waals surface area (Å²) in [6.07, 6.45) is 1.82. The van der Waals surface area contributed by atoms with Crippen molar-refractivity contribution in [1.82, 2.24) is 9.80 Å². The SMILES string of the molecule is CCN(CC(C)C#N)C(=O)N1CCCC(CC(=O)O)C1. The average Bonchev–Trinajstić information content (AvgIpc) is 2.43. The van der Waals surface area contributed by atoms with E-state index in [0.717, 1.165) is 12.8 Å². The number of hydrogen-bond donors (Lipinski definition) is 1. The molecule has 1 N–H and O–H groups in total. The third-order valence-electron chi connectivity index (χ3n) is 3.62. The van der Waals surface area contributed by atoms with Crippen LogP contribution in [0.25, 0.3) is 0 Å². The molecule has 1 rings (SSSR count). The van der Waals surface area contributed by atoms with E-state index in [2.05, 4.69) is 6.07 Å². The van der Waals surface area contributed by atoms with E-state index in [1.165, 1.54) is 0 Å². The molecule has 0 aliphatic carbocycles. The second kappa shape index (κ2) is 7.73. The molecule has 1 heterocycles. The third kappa shape index (κ3) is 4.72. The number of carbonyl (C=O) groups excluding carboxylic acids is 1. The highest BCUT2D eigenvalue weighted by molar-refractivity contribution is 5.74. The Morgan fingerprint density at radius 3 is 2.80 bits per heavy atom. The average molecular weight is 281 g/mol.